The molecule has 0 fully saturated rings. The average molecular weight is 471 g/mol. The fourth-order valence-electron chi connectivity index (χ4n) is 4.36. The number of furan rings is 1. The molecule has 1 atom stereocenters. The molecule has 0 aliphatic carbocycles. The van der Waals surface area contributed by atoms with Crippen LogP contribution < -0.4 is 0 Å². The van der Waals surface area contributed by atoms with Gasteiger partial charge in [-0.3, -0.25) is 9.59 Å². The van der Waals surface area contributed by atoms with Gasteiger partial charge in [-0.2, -0.15) is 0 Å². The Morgan fingerprint density at radius 1 is 1.03 bits per heavy atom. The Bertz CT molecular complexity index is 1000. The Balaban J connectivity index is 1.83. The highest BCUT2D eigenvalue weighted by Gasteiger charge is 2.44. The molecule has 0 saturated carbocycles. The Morgan fingerprint density at radius 3 is 2.21 bits per heavy atom. The number of unbranched alkanes of at least 4 members (excludes halogenated alkanes) is 2. The van der Waals surface area contributed by atoms with Crippen LogP contribution in [-0.2, 0) is 4.79 Å². The predicted octanol–water partition coefficient (Wildman–Crippen LogP) is 5.60. The first-order chi connectivity index (χ1) is 16.4. The van der Waals surface area contributed by atoms with Crippen LogP contribution in [0.1, 0.15) is 73.9 Å². The summed E-state index contributed by atoms with van der Waals surface area (Å²) in [4.78, 5) is 30.3. The first-order valence-corrected chi connectivity index (χ1v) is 12.2. The summed E-state index contributed by atoms with van der Waals surface area (Å²) < 4.78 is 19.1. The van der Waals surface area contributed by atoms with Gasteiger partial charge in [0.25, 0.3) is 5.91 Å². The maximum absolute atomic E-state index is 13.6. The minimum Gasteiger partial charge on any atom is -0.503 e. The molecule has 6 nitrogen and oxygen atoms in total. The Labute approximate surface area is 201 Å². The lowest BCUT2D eigenvalue weighted by Crippen LogP contribution is -2.35. The number of hydrogen-bond acceptors (Lipinski definition) is 5. The summed E-state index contributed by atoms with van der Waals surface area (Å²) in [6, 6.07) is 8.08. The van der Waals surface area contributed by atoms with Crippen molar-refractivity contribution in [3.05, 3.63) is 70.6 Å². The highest BCUT2D eigenvalue weighted by Crippen LogP contribution is 2.39. The van der Waals surface area contributed by atoms with Crippen molar-refractivity contribution < 1.29 is 23.5 Å². The zero-order valence-electron chi connectivity index (χ0n) is 20.3. The summed E-state index contributed by atoms with van der Waals surface area (Å²) in [6.07, 6.45) is 5.18. The van der Waals surface area contributed by atoms with Crippen LogP contribution in [0.25, 0.3) is 0 Å². The van der Waals surface area contributed by atoms with Crippen molar-refractivity contribution in [2.24, 2.45) is 0 Å². The first kappa shape index (κ1) is 25.7. The number of ketones is 1. The molecule has 1 amide bonds. The molecule has 3 rings (SSSR count). The monoisotopic (exact) mass is 470 g/mol. The lowest BCUT2D eigenvalue weighted by molar-refractivity contribution is -0.129. The zero-order valence-corrected chi connectivity index (χ0v) is 20.3. The normalized spacial score (nSPS) is 16.2. The molecule has 1 aromatic carbocycles. The molecular formula is C27H35FN2O4. The summed E-state index contributed by atoms with van der Waals surface area (Å²) >= 11 is 0. The molecule has 0 bridgehead atoms. The second kappa shape index (κ2) is 12.0. The van der Waals surface area contributed by atoms with Crippen molar-refractivity contribution in [3.63, 3.8) is 0 Å². The maximum Gasteiger partial charge on any atom is 0.290 e. The molecule has 34 heavy (non-hydrogen) atoms. The van der Waals surface area contributed by atoms with E-state index in [1.165, 1.54) is 23.1 Å². The molecule has 184 valence electrons. The van der Waals surface area contributed by atoms with Gasteiger partial charge in [-0.15, -0.1) is 0 Å². The largest absolute Gasteiger partial charge is 0.503 e. The molecule has 1 N–H and O–H groups in total. The third-order valence-electron chi connectivity index (χ3n) is 6.23. The van der Waals surface area contributed by atoms with Crippen molar-refractivity contribution in [2.45, 2.75) is 58.9 Å². The van der Waals surface area contributed by atoms with Crippen LogP contribution in [0.5, 0.6) is 0 Å². The number of rotatable bonds is 13. The van der Waals surface area contributed by atoms with Gasteiger partial charge in [0, 0.05) is 6.54 Å². The molecule has 7 heteroatoms. The fourth-order valence-corrected chi connectivity index (χ4v) is 4.36. The third-order valence-corrected chi connectivity index (χ3v) is 6.23. The van der Waals surface area contributed by atoms with E-state index in [1.54, 1.807) is 25.1 Å². The van der Waals surface area contributed by atoms with E-state index in [0.29, 0.717) is 24.3 Å². The van der Waals surface area contributed by atoms with Crippen LogP contribution in [0, 0.1) is 12.7 Å². The molecule has 2 heterocycles. The second-order valence-corrected chi connectivity index (χ2v) is 8.86. The van der Waals surface area contributed by atoms with Crippen LogP contribution in [-0.4, -0.2) is 52.8 Å². The van der Waals surface area contributed by atoms with E-state index >= 15 is 0 Å². The maximum atomic E-state index is 13.6. The number of Topliss-reactive ketones (excluding diaryl/α,β-unsaturated/α-hetero) is 1. The topological polar surface area (TPSA) is 74.0 Å². The number of aryl methyl sites for hydroxylation is 1. The highest BCUT2D eigenvalue weighted by molar-refractivity contribution is 6.15. The second-order valence-electron chi connectivity index (χ2n) is 8.86. The molecular weight excluding hydrogens is 435 g/mol. The Hall–Kier alpha value is -2.93. The number of benzene rings is 1. The number of carbonyl (C=O) groups is 2. The van der Waals surface area contributed by atoms with Gasteiger partial charge in [-0.1, -0.05) is 38.8 Å². The summed E-state index contributed by atoms with van der Waals surface area (Å²) in [5.41, 5.74) is 0.541. The van der Waals surface area contributed by atoms with E-state index in [2.05, 4.69) is 18.7 Å². The molecule has 0 unspecified atom stereocenters. The lowest BCUT2D eigenvalue weighted by atomic mass is 9.95. The van der Waals surface area contributed by atoms with Gasteiger partial charge < -0.3 is 19.3 Å². The van der Waals surface area contributed by atoms with E-state index in [9.17, 15) is 19.1 Å². The summed E-state index contributed by atoms with van der Waals surface area (Å²) in [5, 5.41) is 10.7. The number of amides is 1. The van der Waals surface area contributed by atoms with Crippen molar-refractivity contribution >= 4 is 11.7 Å². The molecule has 1 aliphatic heterocycles. The van der Waals surface area contributed by atoms with E-state index < -0.39 is 29.3 Å². The van der Waals surface area contributed by atoms with Gasteiger partial charge in [0.1, 0.15) is 11.6 Å². The van der Waals surface area contributed by atoms with Gasteiger partial charge in [0.15, 0.2) is 11.5 Å². The lowest BCUT2D eigenvalue weighted by Gasteiger charge is -2.28. The number of carbonyl (C=O) groups excluding carboxylic acids is 2. The fraction of sp³-hybridized carbons (Fsp3) is 0.481. The summed E-state index contributed by atoms with van der Waals surface area (Å²) in [7, 11) is 0. The van der Waals surface area contributed by atoms with Crippen molar-refractivity contribution in [1.29, 1.82) is 0 Å². The third kappa shape index (κ3) is 5.95. The Morgan fingerprint density at radius 2 is 1.65 bits per heavy atom. The van der Waals surface area contributed by atoms with Crippen LogP contribution in [0.2, 0.25) is 0 Å². The molecule has 0 spiro atoms. The average Bonchev–Trinajstić information content (AvgIpc) is 3.37. The highest BCUT2D eigenvalue weighted by atomic mass is 19.1. The van der Waals surface area contributed by atoms with Gasteiger partial charge >= 0.3 is 0 Å². The predicted molar refractivity (Wildman–Crippen MR) is 129 cm³/mol. The number of nitrogens with zero attached hydrogens (tertiary/aromatic N) is 2. The SMILES string of the molecule is CCCCN(CCCC)CCCN1C(=O)C(O)=C(C(=O)c2ccc(C)o2)[C@@H]1c1ccc(F)cc1. The standard InChI is InChI=1S/C27H35FN2O4/c1-4-6-15-29(16-7-5-2)17-8-18-30-24(20-10-12-21(28)13-11-20)23(26(32)27(30)33)25(31)22-14-9-19(3)34-22/h9-14,24,32H,4-8,15-18H2,1-3H3/t24-/m0/s1. The summed E-state index contributed by atoms with van der Waals surface area (Å²) in [6.45, 7) is 9.27. The quantitative estimate of drug-likeness (QED) is 0.386. The van der Waals surface area contributed by atoms with Gasteiger partial charge in [0.2, 0.25) is 5.78 Å². The van der Waals surface area contributed by atoms with Crippen LogP contribution in [0.4, 0.5) is 4.39 Å². The van der Waals surface area contributed by atoms with Crippen LogP contribution >= 0.6 is 0 Å². The van der Waals surface area contributed by atoms with Gasteiger partial charge in [0.05, 0.1) is 11.6 Å². The Kier molecular flexibility index (Phi) is 9.05. The molecule has 0 radical (unpaired) electrons. The first-order valence-electron chi connectivity index (χ1n) is 12.2. The number of halogens is 1. The van der Waals surface area contributed by atoms with E-state index in [1.807, 2.05) is 0 Å². The molecule has 2 aromatic rings. The van der Waals surface area contributed by atoms with Gasteiger partial charge in [-0.25, -0.2) is 4.39 Å². The minimum absolute atomic E-state index is 0.0280. The smallest absolute Gasteiger partial charge is 0.290 e. The van der Waals surface area contributed by atoms with E-state index in [4.69, 9.17) is 4.42 Å². The molecule has 1 aromatic heterocycles. The minimum atomic E-state index is -0.800. The van der Waals surface area contributed by atoms with Crippen LogP contribution in [0.3, 0.4) is 0 Å². The van der Waals surface area contributed by atoms with Crippen molar-refractivity contribution in [3.8, 4) is 0 Å². The van der Waals surface area contributed by atoms with Crippen molar-refractivity contribution in [2.75, 3.05) is 26.2 Å². The number of aliphatic hydroxyl groups excluding tert-OH is 1. The van der Waals surface area contributed by atoms with Gasteiger partial charge in [-0.05, 0) is 75.6 Å². The van der Waals surface area contributed by atoms with E-state index in [0.717, 1.165) is 45.3 Å². The van der Waals surface area contributed by atoms with E-state index in [-0.39, 0.29) is 11.3 Å². The summed E-state index contributed by atoms with van der Waals surface area (Å²) in [5.74, 6) is -1.49. The molecule has 1 aliphatic rings. The zero-order chi connectivity index (χ0) is 24.7. The molecule has 0 saturated heterocycles. The number of hydrogen-bond donors (Lipinski definition) is 1. The van der Waals surface area contributed by atoms with Crippen LogP contribution in [0.15, 0.2) is 52.1 Å². The van der Waals surface area contributed by atoms with Crippen molar-refractivity contribution in [1.82, 2.24) is 9.80 Å². The number of aliphatic hydroxyl groups is 1.